The molecular formula is C17H19N7OS. The number of nitrogens with zero attached hydrogens (tertiary/aromatic N) is 6. The molecule has 1 N–H and O–H groups in total. The summed E-state index contributed by atoms with van der Waals surface area (Å²) in [6.07, 6.45) is 3.50. The van der Waals surface area contributed by atoms with Crippen molar-refractivity contribution < 1.29 is 4.79 Å². The quantitative estimate of drug-likeness (QED) is 0.869. The van der Waals surface area contributed by atoms with Gasteiger partial charge in [0.2, 0.25) is 11.9 Å². The lowest BCUT2D eigenvalue weighted by atomic mass is 10.3. The van der Waals surface area contributed by atoms with Gasteiger partial charge >= 0.3 is 0 Å². The first-order valence-corrected chi connectivity index (χ1v) is 9.42. The normalized spacial score (nSPS) is 19.6. The lowest BCUT2D eigenvalue weighted by Crippen LogP contribution is -2.47. The molecular weight excluding hydrogens is 350 g/mol. The lowest BCUT2D eigenvalue weighted by Gasteiger charge is -2.36. The summed E-state index contributed by atoms with van der Waals surface area (Å²) in [5.74, 6) is 2.06. The smallest absolute Gasteiger partial charge is 0.242 e. The molecule has 0 radical (unpaired) electrons. The molecule has 0 aromatic carbocycles. The van der Waals surface area contributed by atoms with Crippen LogP contribution < -0.4 is 15.1 Å². The van der Waals surface area contributed by atoms with Crippen LogP contribution in [0, 0.1) is 0 Å². The van der Waals surface area contributed by atoms with Gasteiger partial charge in [-0.3, -0.25) is 15.1 Å². The van der Waals surface area contributed by atoms with Gasteiger partial charge in [-0.25, -0.2) is 9.97 Å². The summed E-state index contributed by atoms with van der Waals surface area (Å²) < 4.78 is 0. The van der Waals surface area contributed by atoms with Crippen LogP contribution in [0.2, 0.25) is 0 Å². The van der Waals surface area contributed by atoms with Crippen molar-refractivity contribution in [2.45, 2.75) is 5.25 Å². The van der Waals surface area contributed by atoms with E-state index in [0.717, 1.165) is 37.8 Å². The molecule has 1 fully saturated rings. The Labute approximate surface area is 155 Å². The van der Waals surface area contributed by atoms with Crippen molar-refractivity contribution in [1.29, 1.82) is 0 Å². The number of rotatable bonds is 4. The van der Waals surface area contributed by atoms with E-state index >= 15 is 0 Å². The molecule has 2 aromatic heterocycles. The zero-order valence-electron chi connectivity index (χ0n) is 14.2. The number of carbonyl (C=O) groups excluding carboxylic acids is 1. The van der Waals surface area contributed by atoms with E-state index in [1.807, 2.05) is 30.5 Å². The zero-order valence-corrected chi connectivity index (χ0v) is 15.0. The molecule has 4 heterocycles. The van der Waals surface area contributed by atoms with Gasteiger partial charge in [-0.2, -0.15) is 4.98 Å². The van der Waals surface area contributed by atoms with E-state index in [1.54, 1.807) is 11.7 Å². The SMILES string of the molecule is O=C(Nc1nccc(N2CCN(c3ccccn3)CC2)n1)C1CN=CS1. The maximum absolute atomic E-state index is 12.2. The van der Waals surface area contributed by atoms with Crippen LogP contribution in [0.1, 0.15) is 0 Å². The van der Waals surface area contributed by atoms with Gasteiger partial charge in [0.05, 0.1) is 12.1 Å². The number of anilines is 3. The number of piperazine rings is 1. The molecule has 134 valence electrons. The van der Waals surface area contributed by atoms with Gasteiger partial charge in [0.25, 0.3) is 0 Å². The van der Waals surface area contributed by atoms with E-state index in [-0.39, 0.29) is 11.2 Å². The van der Waals surface area contributed by atoms with Crippen LogP contribution >= 0.6 is 11.8 Å². The summed E-state index contributed by atoms with van der Waals surface area (Å²) in [6, 6.07) is 7.83. The minimum atomic E-state index is -0.191. The van der Waals surface area contributed by atoms with Gasteiger partial charge in [-0.1, -0.05) is 17.8 Å². The van der Waals surface area contributed by atoms with Crippen molar-refractivity contribution in [3.05, 3.63) is 36.7 Å². The molecule has 26 heavy (non-hydrogen) atoms. The maximum atomic E-state index is 12.2. The van der Waals surface area contributed by atoms with Crippen molar-refractivity contribution in [2.75, 3.05) is 47.8 Å². The van der Waals surface area contributed by atoms with Gasteiger partial charge in [-0.15, -0.1) is 0 Å². The highest BCUT2D eigenvalue weighted by molar-refractivity contribution is 8.13. The number of hydrogen-bond donors (Lipinski definition) is 1. The number of aromatic nitrogens is 3. The Morgan fingerprint density at radius 2 is 1.85 bits per heavy atom. The summed E-state index contributed by atoms with van der Waals surface area (Å²) in [7, 11) is 0. The molecule has 2 aliphatic heterocycles. The molecule has 0 bridgehead atoms. The molecule has 0 saturated carbocycles. The third-order valence-corrected chi connectivity index (χ3v) is 5.28. The molecule has 1 atom stereocenters. The van der Waals surface area contributed by atoms with E-state index in [0.29, 0.717) is 12.5 Å². The Kier molecular flexibility index (Phi) is 4.96. The van der Waals surface area contributed by atoms with E-state index in [4.69, 9.17) is 0 Å². The van der Waals surface area contributed by atoms with Crippen molar-refractivity contribution in [3.8, 4) is 0 Å². The number of amides is 1. The molecule has 0 aliphatic carbocycles. The van der Waals surface area contributed by atoms with Crippen molar-refractivity contribution >= 4 is 40.8 Å². The third-order valence-electron chi connectivity index (χ3n) is 4.32. The van der Waals surface area contributed by atoms with Crippen LogP contribution in [-0.2, 0) is 4.79 Å². The van der Waals surface area contributed by atoms with Gasteiger partial charge in [0, 0.05) is 38.6 Å². The monoisotopic (exact) mass is 369 g/mol. The topological polar surface area (TPSA) is 86.6 Å². The molecule has 1 unspecified atom stereocenters. The first-order valence-electron chi connectivity index (χ1n) is 8.48. The summed E-state index contributed by atoms with van der Waals surface area (Å²) in [5.41, 5.74) is 1.71. The highest BCUT2D eigenvalue weighted by Gasteiger charge is 2.23. The Morgan fingerprint density at radius 1 is 1.04 bits per heavy atom. The van der Waals surface area contributed by atoms with Crippen LogP contribution in [0.25, 0.3) is 0 Å². The average molecular weight is 369 g/mol. The van der Waals surface area contributed by atoms with Gasteiger partial charge in [0.1, 0.15) is 16.9 Å². The maximum Gasteiger partial charge on any atom is 0.242 e. The van der Waals surface area contributed by atoms with Crippen LogP contribution in [0.4, 0.5) is 17.6 Å². The van der Waals surface area contributed by atoms with Crippen LogP contribution in [0.15, 0.2) is 41.7 Å². The number of carbonyl (C=O) groups is 1. The minimum absolute atomic E-state index is 0.107. The molecule has 2 aromatic rings. The van der Waals surface area contributed by atoms with Gasteiger partial charge in [-0.05, 0) is 18.2 Å². The Morgan fingerprint density at radius 3 is 2.54 bits per heavy atom. The number of thioether (sulfide) groups is 1. The van der Waals surface area contributed by atoms with Crippen molar-refractivity contribution in [3.63, 3.8) is 0 Å². The summed E-state index contributed by atoms with van der Waals surface area (Å²) in [4.78, 5) is 33.8. The molecule has 1 amide bonds. The standard InChI is InChI=1S/C17H19N7OS/c25-16(13-11-18-12-26-13)22-17-20-6-4-15(21-17)24-9-7-23(8-10-24)14-3-1-2-5-19-14/h1-6,12-13H,7-11H2,(H,20,21,22,25). The first-order chi connectivity index (χ1) is 12.8. The second kappa shape index (κ2) is 7.69. The Balaban J connectivity index is 1.37. The fourth-order valence-corrected chi connectivity index (χ4v) is 3.60. The first kappa shape index (κ1) is 16.8. The average Bonchev–Trinajstić information content (AvgIpc) is 3.24. The highest BCUT2D eigenvalue weighted by Crippen LogP contribution is 2.19. The fourth-order valence-electron chi connectivity index (χ4n) is 2.92. The molecule has 4 rings (SSSR count). The predicted octanol–water partition coefficient (Wildman–Crippen LogP) is 1.28. The zero-order chi connectivity index (χ0) is 17.8. The van der Waals surface area contributed by atoms with Gasteiger partial charge < -0.3 is 9.80 Å². The van der Waals surface area contributed by atoms with Gasteiger partial charge in [0.15, 0.2) is 0 Å². The minimum Gasteiger partial charge on any atom is -0.353 e. The van der Waals surface area contributed by atoms with Crippen LogP contribution in [0.5, 0.6) is 0 Å². The number of hydrogen-bond acceptors (Lipinski definition) is 8. The van der Waals surface area contributed by atoms with Crippen molar-refractivity contribution in [1.82, 2.24) is 15.0 Å². The Bertz CT molecular complexity index is 785. The largest absolute Gasteiger partial charge is 0.353 e. The van der Waals surface area contributed by atoms with Crippen LogP contribution in [-0.4, -0.2) is 64.4 Å². The number of pyridine rings is 1. The summed E-state index contributed by atoms with van der Waals surface area (Å²) in [5, 5.41) is 2.60. The van der Waals surface area contributed by atoms with E-state index in [9.17, 15) is 4.79 Å². The lowest BCUT2D eigenvalue weighted by molar-refractivity contribution is -0.115. The molecule has 8 nitrogen and oxygen atoms in total. The Hall–Kier alpha value is -2.68. The number of nitrogens with one attached hydrogen (secondary N) is 1. The fraction of sp³-hybridized carbons (Fsp3) is 0.353. The summed E-state index contributed by atoms with van der Waals surface area (Å²) >= 11 is 1.42. The van der Waals surface area contributed by atoms with Crippen LogP contribution in [0.3, 0.4) is 0 Å². The second-order valence-corrected chi connectivity index (χ2v) is 7.04. The van der Waals surface area contributed by atoms with E-state index in [1.165, 1.54) is 11.8 Å². The highest BCUT2D eigenvalue weighted by atomic mass is 32.2. The van der Waals surface area contributed by atoms with Crippen molar-refractivity contribution in [2.24, 2.45) is 4.99 Å². The molecule has 9 heteroatoms. The second-order valence-electron chi connectivity index (χ2n) is 5.99. The third kappa shape index (κ3) is 3.77. The number of aliphatic imine (C=N–C) groups is 1. The molecule has 1 saturated heterocycles. The molecule has 2 aliphatic rings. The van der Waals surface area contributed by atoms with E-state index in [2.05, 4.69) is 35.1 Å². The predicted molar refractivity (Wildman–Crippen MR) is 104 cm³/mol. The van der Waals surface area contributed by atoms with E-state index < -0.39 is 0 Å². The molecule has 0 spiro atoms. The summed E-state index contributed by atoms with van der Waals surface area (Å²) in [6.45, 7) is 3.93.